The molecule has 1 heterocycles. The standard InChI is InChI=1S/C11H18N4OS/c1-15(2)6-4-5-14-11-10(16-3)9(13)8(7-12)17-11/h14H,4-6,13H2,1-3H3. The van der Waals surface area contributed by atoms with Crippen LogP contribution < -0.4 is 15.8 Å². The second kappa shape index (κ2) is 6.33. The van der Waals surface area contributed by atoms with Crippen LogP contribution in [0.5, 0.6) is 5.75 Å². The lowest BCUT2D eigenvalue weighted by molar-refractivity contribution is 0.404. The molecule has 0 spiro atoms. The molecule has 0 aliphatic rings. The molecule has 0 fully saturated rings. The molecule has 0 bridgehead atoms. The predicted molar refractivity (Wildman–Crippen MR) is 71.7 cm³/mol. The zero-order valence-corrected chi connectivity index (χ0v) is 11.2. The van der Waals surface area contributed by atoms with Crippen molar-refractivity contribution in [3.05, 3.63) is 4.88 Å². The van der Waals surface area contributed by atoms with Crippen LogP contribution in [-0.4, -0.2) is 39.2 Å². The smallest absolute Gasteiger partial charge is 0.177 e. The molecule has 1 rings (SSSR count). The molecule has 3 N–H and O–H groups in total. The number of ether oxygens (including phenoxy) is 1. The fourth-order valence-electron chi connectivity index (χ4n) is 1.43. The lowest BCUT2D eigenvalue weighted by Gasteiger charge is -2.10. The summed E-state index contributed by atoms with van der Waals surface area (Å²) in [6, 6.07) is 2.06. The number of thiophene rings is 1. The Hall–Kier alpha value is -1.45. The number of rotatable bonds is 6. The maximum Gasteiger partial charge on any atom is 0.177 e. The van der Waals surface area contributed by atoms with E-state index in [0.717, 1.165) is 24.5 Å². The maximum absolute atomic E-state index is 8.89. The highest BCUT2D eigenvalue weighted by Gasteiger charge is 2.15. The minimum atomic E-state index is 0.426. The highest BCUT2D eigenvalue weighted by atomic mass is 32.1. The van der Waals surface area contributed by atoms with Crippen LogP contribution >= 0.6 is 11.3 Å². The monoisotopic (exact) mass is 254 g/mol. The Balaban J connectivity index is 2.62. The van der Waals surface area contributed by atoms with Gasteiger partial charge in [0.15, 0.2) is 5.75 Å². The van der Waals surface area contributed by atoms with Crippen LogP contribution in [0.4, 0.5) is 10.7 Å². The van der Waals surface area contributed by atoms with Gasteiger partial charge in [-0.25, -0.2) is 0 Å². The van der Waals surface area contributed by atoms with E-state index >= 15 is 0 Å². The lowest BCUT2D eigenvalue weighted by Crippen LogP contribution is -2.16. The highest BCUT2D eigenvalue weighted by molar-refractivity contribution is 7.17. The van der Waals surface area contributed by atoms with Gasteiger partial charge in [-0.05, 0) is 27.1 Å². The number of methoxy groups -OCH3 is 1. The zero-order chi connectivity index (χ0) is 12.8. The predicted octanol–water partition coefficient (Wildman–Crippen LogP) is 1.57. The maximum atomic E-state index is 8.89. The number of nitriles is 1. The van der Waals surface area contributed by atoms with E-state index < -0.39 is 0 Å². The van der Waals surface area contributed by atoms with Crippen molar-refractivity contribution in [2.45, 2.75) is 6.42 Å². The fourth-order valence-corrected chi connectivity index (χ4v) is 2.34. The molecule has 0 atom stereocenters. The minimum Gasteiger partial charge on any atom is -0.492 e. The molecule has 0 saturated heterocycles. The summed E-state index contributed by atoms with van der Waals surface area (Å²) in [5, 5.41) is 13.0. The van der Waals surface area contributed by atoms with E-state index in [2.05, 4.69) is 16.3 Å². The van der Waals surface area contributed by atoms with Gasteiger partial charge in [-0.3, -0.25) is 0 Å². The largest absolute Gasteiger partial charge is 0.492 e. The number of nitrogens with zero attached hydrogens (tertiary/aromatic N) is 2. The Bertz CT molecular complexity index is 408. The number of nitrogen functional groups attached to an aromatic ring is 1. The van der Waals surface area contributed by atoms with E-state index in [4.69, 9.17) is 15.7 Å². The zero-order valence-electron chi connectivity index (χ0n) is 10.4. The van der Waals surface area contributed by atoms with Gasteiger partial charge in [0.25, 0.3) is 0 Å². The second-order valence-electron chi connectivity index (χ2n) is 3.90. The summed E-state index contributed by atoms with van der Waals surface area (Å²) < 4.78 is 5.20. The average Bonchev–Trinajstić information content (AvgIpc) is 2.60. The van der Waals surface area contributed by atoms with Crippen LogP contribution in [0.1, 0.15) is 11.3 Å². The molecule has 5 nitrogen and oxygen atoms in total. The average molecular weight is 254 g/mol. The quantitative estimate of drug-likeness (QED) is 0.754. The number of hydrogen-bond donors (Lipinski definition) is 2. The summed E-state index contributed by atoms with van der Waals surface area (Å²) in [6.07, 6.45) is 1.02. The third-order valence-corrected chi connectivity index (χ3v) is 3.32. The molecule has 0 amide bonds. The molecule has 6 heteroatoms. The summed E-state index contributed by atoms with van der Waals surface area (Å²) in [4.78, 5) is 2.62. The van der Waals surface area contributed by atoms with Crippen molar-refractivity contribution >= 4 is 22.0 Å². The third-order valence-electron chi connectivity index (χ3n) is 2.27. The minimum absolute atomic E-state index is 0.426. The second-order valence-corrected chi connectivity index (χ2v) is 4.92. The van der Waals surface area contributed by atoms with Gasteiger partial charge in [0.1, 0.15) is 21.6 Å². The molecule has 0 unspecified atom stereocenters. The van der Waals surface area contributed by atoms with Crippen molar-refractivity contribution in [1.29, 1.82) is 5.26 Å². The Kier molecular flexibility index (Phi) is 5.07. The van der Waals surface area contributed by atoms with Crippen molar-refractivity contribution in [3.63, 3.8) is 0 Å². The van der Waals surface area contributed by atoms with Crippen LogP contribution in [0, 0.1) is 11.3 Å². The summed E-state index contributed by atoms with van der Waals surface area (Å²) >= 11 is 1.33. The van der Waals surface area contributed by atoms with Gasteiger partial charge in [-0.2, -0.15) is 5.26 Å². The summed E-state index contributed by atoms with van der Waals surface area (Å²) in [7, 11) is 5.64. The van der Waals surface area contributed by atoms with Gasteiger partial charge in [-0.15, -0.1) is 11.3 Å². The molecule has 0 aliphatic carbocycles. The van der Waals surface area contributed by atoms with Crippen molar-refractivity contribution in [1.82, 2.24) is 4.90 Å². The highest BCUT2D eigenvalue weighted by Crippen LogP contribution is 2.41. The van der Waals surface area contributed by atoms with E-state index in [1.54, 1.807) is 7.11 Å². The van der Waals surface area contributed by atoms with Crippen LogP contribution in [0.15, 0.2) is 0 Å². The molecule has 1 aromatic heterocycles. The molecule has 0 saturated carbocycles. The van der Waals surface area contributed by atoms with E-state index in [9.17, 15) is 0 Å². The molecule has 0 radical (unpaired) electrons. The van der Waals surface area contributed by atoms with Crippen molar-refractivity contribution in [3.8, 4) is 11.8 Å². The van der Waals surface area contributed by atoms with E-state index in [1.165, 1.54) is 11.3 Å². The number of nitrogens with one attached hydrogen (secondary N) is 1. The molecular weight excluding hydrogens is 236 g/mol. The number of hydrogen-bond acceptors (Lipinski definition) is 6. The molecule has 94 valence electrons. The Morgan fingerprint density at radius 3 is 2.76 bits per heavy atom. The first kappa shape index (κ1) is 13.6. The van der Waals surface area contributed by atoms with Crippen LogP contribution in [-0.2, 0) is 0 Å². The normalized spacial score (nSPS) is 10.3. The topological polar surface area (TPSA) is 74.3 Å². The SMILES string of the molecule is COc1c(NCCCN(C)C)sc(C#N)c1N. The van der Waals surface area contributed by atoms with E-state index in [0.29, 0.717) is 16.3 Å². The molecule has 17 heavy (non-hydrogen) atoms. The van der Waals surface area contributed by atoms with Gasteiger partial charge >= 0.3 is 0 Å². The van der Waals surface area contributed by atoms with Crippen LogP contribution in [0.25, 0.3) is 0 Å². The van der Waals surface area contributed by atoms with Gasteiger partial charge < -0.3 is 20.7 Å². The summed E-state index contributed by atoms with van der Waals surface area (Å²) in [5.74, 6) is 0.580. The van der Waals surface area contributed by atoms with Gasteiger partial charge in [0, 0.05) is 6.54 Å². The van der Waals surface area contributed by atoms with E-state index in [-0.39, 0.29) is 0 Å². The Morgan fingerprint density at radius 2 is 2.24 bits per heavy atom. The fraction of sp³-hybridized carbons (Fsp3) is 0.545. The Morgan fingerprint density at radius 1 is 1.53 bits per heavy atom. The summed E-state index contributed by atoms with van der Waals surface area (Å²) in [6.45, 7) is 1.85. The summed E-state index contributed by atoms with van der Waals surface area (Å²) in [5.41, 5.74) is 6.22. The van der Waals surface area contributed by atoms with E-state index in [1.807, 2.05) is 14.1 Å². The van der Waals surface area contributed by atoms with Crippen molar-refractivity contribution < 1.29 is 4.74 Å². The lowest BCUT2D eigenvalue weighted by atomic mass is 10.3. The number of anilines is 2. The van der Waals surface area contributed by atoms with Crippen LogP contribution in [0.2, 0.25) is 0 Å². The molecule has 1 aromatic rings. The molecule has 0 aromatic carbocycles. The molecule has 0 aliphatic heterocycles. The first-order valence-corrected chi connectivity index (χ1v) is 6.16. The van der Waals surface area contributed by atoms with Gasteiger partial charge in [0.05, 0.1) is 7.11 Å². The van der Waals surface area contributed by atoms with Crippen molar-refractivity contribution in [2.75, 3.05) is 45.3 Å². The first-order valence-electron chi connectivity index (χ1n) is 5.35. The first-order chi connectivity index (χ1) is 8.10. The van der Waals surface area contributed by atoms with Crippen LogP contribution in [0.3, 0.4) is 0 Å². The third kappa shape index (κ3) is 3.51. The Labute approximate surface area is 106 Å². The number of nitrogens with two attached hydrogens (primary N) is 1. The van der Waals surface area contributed by atoms with Gasteiger partial charge in [-0.1, -0.05) is 0 Å². The van der Waals surface area contributed by atoms with Gasteiger partial charge in [0.2, 0.25) is 0 Å². The molecular formula is C11H18N4OS. The van der Waals surface area contributed by atoms with Crippen molar-refractivity contribution in [2.24, 2.45) is 0 Å².